The first-order valence-corrected chi connectivity index (χ1v) is 39.6. The zero-order valence-corrected chi connectivity index (χ0v) is 62.6. The second-order valence-electron chi connectivity index (χ2n) is 26.3. The van der Waals surface area contributed by atoms with Crippen LogP contribution in [0.15, 0.2) is 47.8 Å². The number of amides is 12. The Labute approximate surface area is 598 Å². The van der Waals surface area contributed by atoms with E-state index in [2.05, 4.69) is 68.5 Å². The maximum atomic E-state index is 14.9. The third-order valence-corrected chi connectivity index (χ3v) is 22.8. The number of aliphatic imine (C=N–C) groups is 1. The van der Waals surface area contributed by atoms with E-state index in [1.54, 1.807) is 58.0 Å². The van der Waals surface area contributed by atoms with Gasteiger partial charge in [-0.15, -0.1) is 0 Å². The molecule has 2 aliphatic rings. The standard InChI is InChI=1S/C66H103N17O16S.Zn/c1-9-35(6)52(69)66-81-48(32-100-66)63(97)76-43(26-34(4)5)59(93)74-42(22-23-50(85)86)58(92)83-53(36(7)10-2)64(98)75-40-20-15-16-25-71-55(89)46(29-49(68)84)78-62(96)47(30-51(87)88)79-61(95)45(28-39-31-70-33-72-39)77-60(94)44(27-38-18-13-12-14-19-38)80-65(99)54(37(8)11-3)82-57(91)41(21-17-24-67)73-56(40)90;/h12-14,18-19,31,33-37,40-48,52-54H,9-11,15-17,20-30,32,67,69H2,1-8H3,(H2,68,84)(H,70,72)(H,71,89)(H,73,90)(H,74,93)(H,75,98)(H,76,97)(H,77,94)(H,78,96)(H,79,95)(H,80,99)(H,82,91)(H,83,92)(H,85,86)(H,87,88);/t35-,36-,37-,40-,41+,42+,43-,44+,45-,46-,47+,48-,52-,53-,54+;/m0./s1. The number of rotatable bonds is 31. The second-order valence-corrected chi connectivity index (χ2v) is 32.4. The number of H-pyrrole nitrogens is 1. The predicted molar refractivity (Wildman–Crippen MR) is 369 cm³/mol. The number of imidazole rings is 1. The molecule has 556 valence electrons. The van der Waals surface area contributed by atoms with Crippen LogP contribution in [0.2, 0.25) is 0 Å². The third-order valence-electron chi connectivity index (χ3n) is 17.7. The fraction of sp³-hybridized carbons (Fsp3) is 0.636. The second kappa shape index (κ2) is 42.7. The summed E-state index contributed by atoms with van der Waals surface area (Å²) < 4.78 is 0. The van der Waals surface area contributed by atoms with Gasteiger partial charge < -0.3 is 69.2 Å². The van der Waals surface area contributed by atoms with Gasteiger partial charge in [0.15, 0.2) is 0 Å². The molecule has 0 radical (unpaired) electrons. The molecule has 4 rings (SSSR count). The Morgan fingerprint density at radius 1 is 0.673 bits per heavy atom. The van der Waals surface area contributed by atoms with E-state index in [0.717, 1.165) is 28.0 Å². The molecular weight excluding hydrogens is 1380 g/mol. The first-order chi connectivity index (χ1) is 47.8. The molecule has 1 aromatic heterocycles. The van der Waals surface area contributed by atoms with Crippen molar-refractivity contribution in [1.82, 2.24) is 68.5 Å². The Kier molecular flexibility index (Phi) is 36.0. The van der Waals surface area contributed by atoms with Gasteiger partial charge in [-0.25, -0.2) is 4.98 Å². The molecule has 2 aromatic rings. The molecule has 33 nitrogen and oxygen atoms in total. The number of carbonyl (C=O) groups is 14. The quantitative estimate of drug-likeness (QED) is 0.0375. The fourth-order valence-corrected chi connectivity index (χ4v) is 15.9. The number of aromatic nitrogens is 2. The van der Waals surface area contributed by atoms with Crippen molar-refractivity contribution in [3.63, 3.8) is 0 Å². The third kappa shape index (κ3) is 28.1. The molecule has 1 saturated heterocycles. The van der Waals surface area contributed by atoms with Crippen LogP contribution in [0.25, 0.3) is 0 Å². The van der Waals surface area contributed by atoms with E-state index in [-0.39, 0.29) is 104 Å². The van der Waals surface area contributed by atoms with Crippen LogP contribution in [0, 0.1) is 23.7 Å². The summed E-state index contributed by atoms with van der Waals surface area (Å²) in [4.78, 5) is 207. The molecule has 1 fully saturated rings. The summed E-state index contributed by atoms with van der Waals surface area (Å²) in [6.07, 6.45) is 0.436. The van der Waals surface area contributed by atoms with Crippen LogP contribution in [0.3, 0.4) is 0 Å². The first-order valence-electron chi connectivity index (χ1n) is 34.4. The van der Waals surface area contributed by atoms with Crippen molar-refractivity contribution in [2.45, 2.75) is 224 Å². The first kappa shape index (κ1) is 85.0. The molecule has 0 spiro atoms. The number of hydrogen-bond acceptors (Lipinski definition) is 18. The van der Waals surface area contributed by atoms with Gasteiger partial charge in [-0.2, -0.15) is 0 Å². The average molecular weight is 1490 g/mol. The number of primary amides is 1. The van der Waals surface area contributed by atoms with Crippen molar-refractivity contribution in [2.24, 2.45) is 45.9 Å². The fourth-order valence-electron chi connectivity index (χ4n) is 11.1. The van der Waals surface area contributed by atoms with E-state index in [0.29, 0.717) is 17.0 Å². The molecule has 3 heterocycles. The Morgan fingerprint density at radius 2 is 1.27 bits per heavy atom. The van der Waals surface area contributed by atoms with Crippen LogP contribution in [-0.4, -0.2) is 199 Å². The van der Waals surface area contributed by atoms with E-state index in [1.165, 1.54) is 12.5 Å². The monoisotopic (exact) mass is 1490 g/mol. The summed E-state index contributed by atoms with van der Waals surface area (Å²) in [5.41, 5.74) is 18.9. The van der Waals surface area contributed by atoms with Crippen molar-refractivity contribution < 1.29 is 93.9 Å². The zero-order valence-electron chi connectivity index (χ0n) is 58.9. The van der Waals surface area contributed by atoms with Gasteiger partial charge in [-0.1, -0.05) is 70.9 Å². The van der Waals surface area contributed by atoms with E-state index in [1.807, 2.05) is 27.7 Å². The van der Waals surface area contributed by atoms with Gasteiger partial charge in [0, 0.05) is 31.3 Å². The van der Waals surface area contributed by atoms with Crippen LogP contribution < -0.4 is 75.7 Å². The summed E-state index contributed by atoms with van der Waals surface area (Å²) in [6, 6.07) is -8.19. The molecule has 101 heavy (non-hydrogen) atoms. The topological polar surface area (TPSA) is 531 Å². The number of nitrogens with one attached hydrogen (secondary N) is 12. The minimum atomic E-state index is -1.94. The molecule has 0 bridgehead atoms. The van der Waals surface area contributed by atoms with Crippen molar-refractivity contribution >= 4 is 96.2 Å². The Bertz CT molecular complexity index is 3260. The van der Waals surface area contributed by atoms with E-state index in [4.69, 9.17) is 22.2 Å². The SMILES string of the molecule is CC[C@H](C)[C@H](N)C1=N[C@H](C(=O)N[C@@H](CC(C)C)C(=O)N[C@H](CCC(=O)O)C(=O)N[C@H](C(=O)N[C@H]2CCCCNC(=O)[C@H](CC(N)=O)NC(=O)[C@@H](CC(=O)O)NC(=O)[C@H](Cc3cnc[nH]3)NC(=O)[C@@H](Cc3ccccc3)NC(=O)[C@@H]([C@@H](C)CC)NC(=O)[C@@H](CCCN)NC2=O)[C@@H](C)CC)C[S]1=[Zn]. The number of aromatic amines is 1. The summed E-state index contributed by atoms with van der Waals surface area (Å²) in [5.74, 6) is -15.1. The molecule has 0 saturated carbocycles. The Morgan fingerprint density at radius 3 is 1.85 bits per heavy atom. The van der Waals surface area contributed by atoms with Gasteiger partial charge in [-0.3, -0.25) is 52.7 Å². The van der Waals surface area contributed by atoms with Gasteiger partial charge in [0.1, 0.15) is 42.3 Å². The van der Waals surface area contributed by atoms with Gasteiger partial charge in [0.25, 0.3) is 0 Å². The Balaban J connectivity index is 1.77. The number of carboxylic acids is 2. The molecular formula is C66H103N17O16SZn. The molecule has 12 amide bonds. The van der Waals surface area contributed by atoms with Crippen LogP contribution in [0.4, 0.5) is 0 Å². The maximum absolute atomic E-state index is 14.9. The van der Waals surface area contributed by atoms with Crippen LogP contribution in [0.5, 0.6) is 0 Å². The summed E-state index contributed by atoms with van der Waals surface area (Å²) >= 11 is 0.834. The molecule has 0 aliphatic carbocycles. The van der Waals surface area contributed by atoms with E-state index in [9.17, 15) is 77.3 Å². The van der Waals surface area contributed by atoms with E-state index >= 15 is 0 Å². The number of aliphatic carboxylic acids is 2. The number of nitrogens with two attached hydrogens (primary N) is 3. The number of hydrogen-bond donors (Lipinski definition) is 17. The minimum absolute atomic E-state index is 0.00329. The van der Waals surface area contributed by atoms with Crippen molar-refractivity contribution in [2.75, 3.05) is 18.8 Å². The summed E-state index contributed by atoms with van der Waals surface area (Å²) in [6.45, 7) is 14.2. The van der Waals surface area contributed by atoms with Crippen LogP contribution >= 0.6 is 8.38 Å². The number of nitrogens with zero attached hydrogens (tertiary/aromatic N) is 2. The number of carboxylic acid groups (broad SMARTS) is 2. The van der Waals surface area contributed by atoms with Gasteiger partial charge >= 0.3 is 202 Å². The van der Waals surface area contributed by atoms with Crippen molar-refractivity contribution in [1.29, 1.82) is 0 Å². The normalized spacial score (nSPS) is 23.8. The van der Waals surface area contributed by atoms with Crippen molar-refractivity contribution in [3.05, 3.63) is 54.1 Å². The molecule has 1 unspecified atom stereocenters. The van der Waals surface area contributed by atoms with E-state index < -0.39 is 187 Å². The van der Waals surface area contributed by atoms with Gasteiger partial charge in [-0.05, 0) is 56.0 Å². The molecule has 16 atom stereocenters. The van der Waals surface area contributed by atoms with Crippen LogP contribution in [0.1, 0.15) is 150 Å². The van der Waals surface area contributed by atoms with Gasteiger partial charge in [0.05, 0.1) is 19.2 Å². The molecule has 2 aliphatic heterocycles. The van der Waals surface area contributed by atoms with Crippen LogP contribution in [-0.2, 0) is 96.5 Å². The number of carbonyl (C=O) groups excluding carboxylic acids is 12. The summed E-state index contributed by atoms with van der Waals surface area (Å²) in [5, 5.41) is 49.4. The Hall–Kier alpha value is -8.43. The van der Waals surface area contributed by atoms with Gasteiger partial charge in [0.2, 0.25) is 53.2 Å². The van der Waals surface area contributed by atoms with Crippen molar-refractivity contribution in [3.8, 4) is 0 Å². The zero-order chi connectivity index (χ0) is 75.2. The summed E-state index contributed by atoms with van der Waals surface area (Å²) in [7, 11) is -0.304. The molecule has 1 aromatic carbocycles. The molecule has 20 N–H and O–H groups in total. The average Bonchev–Trinajstić information content (AvgIpc) is 1.82. The molecule has 35 heteroatoms. The predicted octanol–water partition coefficient (Wildman–Crippen LogP) is -1.68. The number of benzene rings is 1.